The largest absolute Gasteiger partial charge is 0.354 e. The number of aryl methyl sites for hydroxylation is 2. The zero-order valence-electron chi connectivity index (χ0n) is 17.6. The number of hydrogen-bond donors (Lipinski definition) is 4. The van der Waals surface area contributed by atoms with Crippen molar-refractivity contribution in [1.29, 1.82) is 0 Å². The monoisotopic (exact) mass is 426 g/mol. The summed E-state index contributed by atoms with van der Waals surface area (Å²) in [6.07, 6.45) is 6.35. The van der Waals surface area contributed by atoms with Crippen LogP contribution in [0.2, 0.25) is 0 Å². The Kier molecular flexibility index (Phi) is 6.39. The third-order valence-corrected chi connectivity index (χ3v) is 6.57. The van der Waals surface area contributed by atoms with Crippen molar-refractivity contribution >= 4 is 28.2 Å². The summed E-state index contributed by atoms with van der Waals surface area (Å²) < 4.78 is 19.2. The van der Waals surface area contributed by atoms with E-state index in [4.69, 9.17) is 0 Å². The van der Waals surface area contributed by atoms with Crippen LogP contribution in [-0.4, -0.2) is 16.3 Å². The second kappa shape index (κ2) is 9.18. The summed E-state index contributed by atoms with van der Waals surface area (Å²) in [4.78, 5) is 12.5. The molecule has 0 spiro atoms. The number of nitrogens with zero attached hydrogens (tertiary/aromatic N) is 1. The predicted molar refractivity (Wildman–Crippen MR) is 124 cm³/mol. The number of rotatable bonds is 6. The number of thiol groups is 1. The van der Waals surface area contributed by atoms with E-state index >= 15 is 0 Å². The van der Waals surface area contributed by atoms with Gasteiger partial charge in [0.25, 0.3) is 0 Å². The van der Waals surface area contributed by atoms with Crippen molar-refractivity contribution < 1.29 is 9.00 Å². The first kappa shape index (κ1) is 20.9. The number of fused-ring (bicyclic) bond motifs is 2. The summed E-state index contributed by atoms with van der Waals surface area (Å²) >= 11 is 0. The van der Waals surface area contributed by atoms with E-state index in [9.17, 15) is 9.00 Å². The van der Waals surface area contributed by atoms with Crippen molar-refractivity contribution in [3.05, 3.63) is 58.1 Å². The molecule has 0 radical (unpaired) electrons. The van der Waals surface area contributed by atoms with Crippen LogP contribution in [-0.2, 0) is 43.0 Å². The zero-order chi connectivity index (χ0) is 21.1. The van der Waals surface area contributed by atoms with Gasteiger partial charge in [-0.15, -0.1) is 4.36 Å². The number of anilines is 2. The molecule has 2 aliphatic carbocycles. The van der Waals surface area contributed by atoms with Crippen LogP contribution in [0, 0.1) is 0 Å². The highest BCUT2D eigenvalue weighted by molar-refractivity contribution is 7.76. The molecule has 30 heavy (non-hydrogen) atoms. The van der Waals surface area contributed by atoms with Gasteiger partial charge in [0.1, 0.15) is 10.8 Å². The van der Waals surface area contributed by atoms with Crippen LogP contribution in [0.4, 0.5) is 16.2 Å². The average Bonchev–Trinajstić information content (AvgIpc) is 3.35. The van der Waals surface area contributed by atoms with E-state index < -0.39 is 16.8 Å². The number of nitrogens with one attached hydrogen (secondary N) is 3. The van der Waals surface area contributed by atoms with Crippen LogP contribution in [0.15, 0.2) is 34.7 Å². The molecule has 1 atom stereocenters. The molecule has 7 heteroatoms. The first-order valence-electron chi connectivity index (χ1n) is 10.7. The van der Waals surface area contributed by atoms with Gasteiger partial charge < -0.3 is 15.4 Å². The molecular formula is C23H30N4O2S. The number of benzene rings is 2. The van der Waals surface area contributed by atoms with Gasteiger partial charge in [0, 0.05) is 24.0 Å². The topological polar surface area (TPSA) is 82.6 Å². The molecule has 2 aliphatic rings. The Labute approximate surface area is 180 Å². The molecule has 0 bridgehead atoms. The van der Waals surface area contributed by atoms with Gasteiger partial charge in [0.05, 0.1) is 0 Å². The fourth-order valence-electron chi connectivity index (χ4n) is 4.39. The van der Waals surface area contributed by atoms with E-state index in [1.54, 1.807) is 0 Å². The molecular weight excluding hydrogens is 396 g/mol. The van der Waals surface area contributed by atoms with Crippen molar-refractivity contribution in [1.82, 2.24) is 5.32 Å². The Bertz CT molecular complexity index is 1010. The molecule has 4 rings (SSSR count). The maximum absolute atomic E-state index is 12.5. The van der Waals surface area contributed by atoms with Crippen LogP contribution < -0.4 is 15.4 Å². The Morgan fingerprint density at radius 2 is 1.77 bits per heavy atom. The smallest absolute Gasteiger partial charge is 0.310 e. The van der Waals surface area contributed by atoms with Gasteiger partial charge in [-0.3, -0.25) is 0 Å². The van der Waals surface area contributed by atoms with Gasteiger partial charge in [-0.1, -0.05) is 32.0 Å². The van der Waals surface area contributed by atoms with Crippen molar-refractivity contribution in [3.63, 3.8) is 0 Å². The molecule has 1 unspecified atom stereocenters. The third kappa shape index (κ3) is 4.84. The molecule has 2 aromatic carbocycles. The highest BCUT2D eigenvalue weighted by atomic mass is 32.2. The minimum atomic E-state index is -2.25. The van der Waals surface area contributed by atoms with Crippen LogP contribution in [0.5, 0.6) is 0 Å². The molecule has 0 fully saturated rings. The number of carbonyl (C=O) groups is 1. The minimum Gasteiger partial charge on any atom is -0.310 e. The van der Waals surface area contributed by atoms with E-state index in [1.165, 1.54) is 22.3 Å². The van der Waals surface area contributed by atoms with Crippen molar-refractivity contribution in [2.75, 3.05) is 10.0 Å². The lowest BCUT2D eigenvalue weighted by atomic mass is 9.99. The molecule has 0 aliphatic heterocycles. The minimum absolute atomic E-state index is 0.387. The second-order valence-electron chi connectivity index (χ2n) is 8.38. The van der Waals surface area contributed by atoms with E-state index in [1.807, 2.05) is 24.3 Å². The Morgan fingerprint density at radius 1 is 1.07 bits per heavy atom. The van der Waals surface area contributed by atoms with E-state index in [2.05, 4.69) is 39.6 Å². The quantitative estimate of drug-likeness (QED) is 0.517. The van der Waals surface area contributed by atoms with Crippen LogP contribution in [0.1, 0.15) is 54.5 Å². The van der Waals surface area contributed by atoms with Crippen LogP contribution in [0.25, 0.3) is 0 Å². The summed E-state index contributed by atoms with van der Waals surface area (Å²) in [5.74, 6) is 0. The normalized spacial score (nSPS) is 15.8. The first-order chi connectivity index (χ1) is 14.5. The molecule has 0 heterocycles. The van der Waals surface area contributed by atoms with Crippen molar-refractivity contribution in [2.45, 2.75) is 65.0 Å². The number of hydrogen-bond acceptors (Lipinski definition) is 3. The number of amides is 2. The van der Waals surface area contributed by atoms with Gasteiger partial charge in [0.15, 0.2) is 0 Å². The molecule has 2 aromatic rings. The summed E-state index contributed by atoms with van der Waals surface area (Å²) in [7, 11) is -2.25. The third-order valence-electron chi connectivity index (χ3n) is 5.75. The number of urea groups is 1. The second-order valence-corrected chi connectivity index (χ2v) is 9.35. The molecule has 3 N–H and O–H groups in total. The highest BCUT2D eigenvalue weighted by Crippen LogP contribution is 2.38. The average molecular weight is 427 g/mol. The standard InChI is InChI=1S/C23H30N4O2S/c1-15(2)24-14-16-6-3-9-19(12-16)26-30(29)27-23(28)25-22-20-10-4-7-17(20)13-18-8-5-11-21(18)22/h3,6,9,12-13,15,24,30H,4-5,7-8,10-11,14H2,1-2H3,(H2,25,26,27,28,29). The fourth-order valence-corrected chi connectivity index (χ4v) is 5.01. The molecule has 160 valence electrons. The van der Waals surface area contributed by atoms with Crippen molar-refractivity contribution in [3.8, 4) is 0 Å². The Balaban J connectivity index is 1.46. The molecule has 0 saturated carbocycles. The molecule has 2 amide bonds. The van der Waals surface area contributed by atoms with E-state index in [-0.39, 0.29) is 0 Å². The molecule has 0 saturated heterocycles. The lowest BCUT2D eigenvalue weighted by Gasteiger charge is -2.14. The van der Waals surface area contributed by atoms with Gasteiger partial charge in [-0.2, -0.15) is 0 Å². The molecule has 0 aromatic heterocycles. The first-order valence-corrected chi connectivity index (χ1v) is 12.0. The Hall–Kier alpha value is -2.38. The summed E-state index contributed by atoms with van der Waals surface area (Å²) in [6.45, 7) is 4.91. The lowest BCUT2D eigenvalue weighted by molar-refractivity contribution is 0.260. The zero-order valence-corrected chi connectivity index (χ0v) is 18.5. The van der Waals surface area contributed by atoms with Gasteiger partial charge in [-0.05, 0) is 78.5 Å². The maximum atomic E-state index is 12.5. The SMILES string of the molecule is CC(C)NCc1cccc(N/[SH](=O)=N\C(=O)Nc2c3c(cc4c2CCC4)CCC3)c1. The Morgan fingerprint density at radius 3 is 2.43 bits per heavy atom. The van der Waals surface area contributed by atoms with Gasteiger partial charge in [-0.25, -0.2) is 9.00 Å². The van der Waals surface area contributed by atoms with E-state index in [0.29, 0.717) is 11.7 Å². The molecule has 6 nitrogen and oxygen atoms in total. The lowest BCUT2D eigenvalue weighted by Crippen LogP contribution is -2.21. The fraction of sp³-hybridized carbons (Fsp3) is 0.435. The van der Waals surface area contributed by atoms with Crippen molar-refractivity contribution in [2.24, 2.45) is 4.36 Å². The summed E-state index contributed by atoms with van der Waals surface area (Å²) in [6, 6.07) is 9.82. The van der Waals surface area contributed by atoms with Crippen LogP contribution >= 0.6 is 0 Å². The predicted octanol–water partition coefficient (Wildman–Crippen LogP) is 4.39. The van der Waals surface area contributed by atoms with Gasteiger partial charge in [0.2, 0.25) is 0 Å². The van der Waals surface area contributed by atoms with Crippen LogP contribution in [0.3, 0.4) is 0 Å². The highest BCUT2D eigenvalue weighted by Gasteiger charge is 2.24. The van der Waals surface area contributed by atoms with Gasteiger partial charge >= 0.3 is 6.03 Å². The summed E-state index contributed by atoms with van der Waals surface area (Å²) in [5.41, 5.74) is 7.88. The number of carbonyl (C=O) groups excluding carboxylic acids is 1. The summed E-state index contributed by atoms with van der Waals surface area (Å²) in [5, 5.41) is 6.32. The maximum Gasteiger partial charge on any atom is 0.354 e. The van der Waals surface area contributed by atoms with E-state index in [0.717, 1.165) is 56.3 Å².